The fourth-order valence-corrected chi connectivity index (χ4v) is 2.92. The Morgan fingerprint density at radius 2 is 1.43 bits per heavy atom. The van der Waals surface area contributed by atoms with Crippen LogP contribution in [0.4, 0.5) is 0 Å². The summed E-state index contributed by atoms with van der Waals surface area (Å²) in [5.74, 6) is 5.16. The Morgan fingerprint density at radius 3 is 2.00 bits per heavy atom. The summed E-state index contributed by atoms with van der Waals surface area (Å²) in [7, 11) is 0. The molecule has 0 radical (unpaired) electrons. The van der Waals surface area contributed by atoms with Crippen LogP contribution in [0, 0.1) is 0 Å². The quantitative estimate of drug-likeness (QED) is 0.650. The average Bonchev–Trinajstić information content (AvgIpc) is 2.57. The van der Waals surface area contributed by atoms with Crippen LogP contribution in [-0.2, 0) is 18.0 Å². The number of fused-ring (bicyclic) bond motifs is 1. The van der Waals surface area contributed by atoms with E-state index in [2.05, 4.69) is 55.1 Å². The molecule has 0 aliphatic rings. The van der Waals surface area contributed by atoms with Gasteiger partial charge in [-0.25, -0.2) is 5.90 Å². The molecule has 126 valence electrons. The van der Waals surface area contributed by atoms with Gasteiger partial charge in [0.15, 0.2) is 0 Å². The van der Waals surface area contributed by atoms with Crippen LogP contribution in [0.3, 0.4) is 0 Å². The van der Waals surface area contributed by atoms with E-state index in [1.807, 2.05) is 0 Å². The van der Waals surface area contributed by atoms with Crippen molar-refractivity contribution >= 4 is 10.8 Å². The highest BCUT2D eigenvalue weighted by molar-refractivity contribution is 5.83. The first-order valence-corrected chi connectivity index (χ1v) is 8.82. The van der Waals surface area contributed by atoms with E-state index in [4.69, 9.17) is 10.7 Å². The molecule has 0 fully saturated rings. The summed E-state index contributed by atoms with van der Waals surface area (Å²) in [6.45, 7) is 8.42. The van der Waals surface area contributed by atoms with E-state index < -0.39 is 0 Å². The number of hydrogen-bond donors (Lipinski definition) is 1. The Labute approximate surface area is 140 Å². The third-order valence-electron chi connectivity index (χ3n) is 4.28. The monoisotopic (exact) mass is 314 g/mol. The van der Waals surface area contributed by atoms with E-state index in [1.165, 1.54) is 55.1 Å². The zero-order valence-electron chi connectivity index (χ0n) is 14.6. The highest BCUT2D eigenvalue weighted by Gasteiger charge is 2.06. The van der Waals surface area contributed by atoms with E-state index in [-0.39, 0.29) is 0 Å². The van der Waals surface area contributed by atoms with Crippen molar-refractivity contribution in [2.75, 3.05) is 13.1 Å². The molecule has 0 saturated carbocycles. The SMILES string of the molecule is CCCCN(CCCC)Cc1ccc2cc(CON)ccc2c1. The number of rotatable bonds is 10. The van der Waals surface area contributed by atoms with Crippen LogP contribution in [0.2, 0.25) is 0 Å². The van der Waals surface area contributed by atoms with Crippen molar-refractivity contribution in [1.29, 1.82) is 0 Å². The Bertz CT molecular complexity index is 589. The van der Waals surface area contributed by atoms with Crippen molar-refractivity contribution in [2.24, 2.45) is 5.90 Å². The van der Waals surface area contributed by atoms with Gasteiger partial charge in [-0.3, -0.25) is 9.74 Å². The highest BCUT2D eigenvalue weighted by Crippen LogP contribution is 2.19. The fourth-order valence-electron chi connectivity index (χ4n) is 2.92. The molecule has 0 amide bonds. The summed E-state index contributed by atoms with van der Waals surface area (Å²) in [4.78, 5) is 7.31. The van der Waals surface area contributed by atoms with Crippen molar-refractivity contribution in [3.05, 3.63) is 47.5 Å². The van der Waals surface area contributed by atoms with Crippen molar-refractivity contribution in [3.8, 4) is 0 Å². The molecule has 0 aromatic heterocycles. The Kier molecular flexibility index (Phi) is 7.53. The van der Waals surface area contributed by atoms with Gasteiger partial charge in [0, 0.05) is 6.54 Å². The van der Waals surface area contributed by atoms with Crippen LogP contribution in [0.1, 0.15) is 50.7 Å². The van der Waals surface area contributed by atoms with Crippen LogP contribution < -0.4 is 5.90 Å². The molecule has 0 atom stereocenters. The minimum atomic E-state index is 0.458. The molecule has 2 N–H and O–H groups in total. The lowest BCUT2D eigenvalue weighted by Crippen LogP contribution is -2.25. The Hall–Kier alpha value is -1.42. The molecule has 0 saturated heterocycles. The van der Waals surface area contributed by atoms with Crippen LogP contribution in [-0.4, -0.2) is 18.0 Å². The maximum Gasteiger partial charge on any atom is 0.0930 e. The summed E-state index contributed by atoms with van der Waals surface area (Å²) < 4.78 is 0. The lowest BCUT2D eigenvalue weighted by atomic mass is 10.0. The lowest BCUT2D eigenvalue weighted by Gasteiger charge is -2.22. The second-order valence-corrected chi connectivity index (χ2v) is 6.31. The predicted molar refractivity (Wildman–Crippen MR) is 98.0 cm³/mol. The Morgan fingerprint density at radius 1 is 0.870 bits per heavy atom. The second-order valence-electron chi connectivity index (χ2n) is 6.31. The molecule has 3 heteroatoms. The Balaban J connectivity index is 2.09. The summed E-state index contributed by atoms with van der Waals surface area (Å²) in [6, 6.07) is 13.2. The number of unbranched alkanes of at least 4 members (excludes halogenated alkanes) is 2. The van der Waals surface area contributed by atoms with Gasteiger partial charge in [0.2, 0.25) is 0 Å². The molecule has 0 heterocycles. The maximum atomic E-state index is 5.16. The average molecular weight is 314 g/mol. The molecule has 3 nitrogen and oxygen atoms in total. The number of benzene rings is 2. The smallest absolute Gasteiger partial charge is 0.0930 e. The number of nitrogens with two attached hydrogens (primary N) is 1. The van der Waals surface area contributed by atoms with Crippen molar-refractivity contribution in [3.63, 3.8) is 0 Å². The van der Waals surface area contributed by atoms with Crippen LogP contribution >= 0.6 is 0 Å². The minimum Gasteiger partial charge on any atom is -0.300 e. The normalized spacial score (nSPS) is 11.5. The summed E-state index contributed by atoms with van der Waals surface area (Å²) in [6.07, 6.45) is 5.07. The molecular weight excluding hydrogens is 284 g/mol. The van der Waals surface area contributed by atoms with Gasteiger partial charge in [0.25, 0.3) is 0 Å². The van der Waals surface area contributed by atoms with E-state index in [0.29, 0.717) is 6.61 Å². The molecule has 2 aromatic carbocycles. The zero-order valence-corrected chi connectivity index (χ0v) is 14.6. The topological polar surface area (TPSA) is 38.5 Å². The molecule has 2 rings (SSSR count). The van der Waals surface area contributed by atoms with Crippen molar-refractivity contribution in [2.45, 2.75) is 52.7 Å². The molecule has 23 heavy (non-hydrogen) atoms. The lowest BCUT2D eigenvalue weighted by molar-refractivity contribution is 0.124. The van der Waals surface area contributed by atoms with Crippen molar-refractivity contribution < 1.29 is 4.84 Å². The third kappa shape index (κ3) is 5.61. The van der Waals surface area contributed by atoms with E-state index in [9.17, 15) is 0 Å². The molecule has 0 bridgehead atoms. The second kappa shape index (κ2) is 9.66. The van der Waals surface area contributed by atoms with Gasteiger partial charge in [-0.15, -0.1) is 0 Å². The molecule has 0 aliphatic carbocycles. The highest BCUT2D eigenvalue weighted by atomic mass is 16.6. The van der Waals surface area contributed by atoms with Gasteiger partial charge in [-0.05, 0) is 60.0 Å². The standard InChI is InChI=1S/C20H30N2O/c1-3-5-11-22(12-6-4-2)15-17-7-9-20-14-18(16-23-21)8-10-19(20)13-17/h7-10,13-14H,3-6,11-12,15-16,21H2,1-2H3. The minimum absolute atomic E-state index is 0.458. The zero-order chi connectivity index (χ0) is 16.5. The third-order valence-corrected chi connectivity index (χ3v) is 4.28. The van der Waals surface area contributed by atoms with Gasteiger partial charge in [0.1, 0.15) is 0 Å². The van der Waals surface area contributed by atoms with Gasteiger partial charge >= 0.3 is 0 Å². The van der Waals surface area contributed by atoms with Crippen LogP contribution in [0.15, 0.2) is 36.4 Å². The van der Waals surface area contributed by atoms with E-state index in [0.717, 1.165) is 12.1 Å². The predicted octanol–water partition coefficient (Wildman–Crippen LogP) is 4.63. The fraction of sp³-hybridized carbons (Fsp3) is 0.500. The first-order chi connectivity index (χ1) is 11.3. The van der Waals surface area contributed by atoms with E-state index in [1.54, 1.807) is 0 Å². The van der Waals surface area contributed by atoms with E-state index >= 15 is 0 Å². The van der Waals surface area contributed by atoms with Gasteiger partial charge < -0.3 is 0 Å². The first-order valence-electron chi connectivity index (χ1n) is 8.82. The van der Waals surface area contributed by atoms with Crippen LogP contribution in [0.25, 0.3) is 10.8 Å². The van der Waals surface area contributed by atoms with Gasteiger partial charge in [0.05, 0.1) is 6.61 Å². The van der Waals surface area contributed by atoms with Crippen molar-refractivity contribution in [1.82, 2.24) is 4.90 Å². The largest absolute Gasteiger partial charge is 0.300 e. The summed E-state index contributed by atoms with van der Waals surface area (Å²) >= 11 is 0. The molecule has 0 spiro atoms. The number of nitrogens with zero attached hydrogens (tertiary/aromatic N) is 1. The summed E-state index contributed by atoms with van der Waals surface area (Å²) in [5.41, 5.74) is 2.51. The summed E-state index contributed by atoms with van der Waals surface area (Å²) in [5, 5.41) is 2.53. The van der Waals surface area contributed by atoms with Gasteiger partial charge in [-0.2, -0.15) is 0 Å². The molecular formula is C20H30N2O. The first kappa shape index (κ1) is 17.9. The molecule has 0 aliphatic heterocycles. The molecule has 2 aromatic rings. The van der Waals surface area contributed by atoms with Gasteiger partial charge in [-0.1, -0.05) is 51.0 Å². The maximum absolute atomic E-state index is 5.16. The molecule has 0 unspecified atom stereocenters. The number of hydrogen-bond acceptors (Lipinski definition) is 3. The van der Waals surface area contributed by atoms with Crippen LogP contribution in [0.5, 0.6) is 0 Å².